The van der Waals surface area contributed by atoms with Crippen molar-refractivity contribution < 1.29 is 9.84 Å². The molecule has 0 bridgehead atoms. The summed E-state index contributed by atoms with van der Waals surface area (Å²) in [6.07, 6.45) is 3.40. The van der Waals surface area contributed by atoms with Gasteiger partial charge in [0.1, 0.15) is 6.61 Å². The summed E-state index contributed by atoms with van der Waals surface area (Å²) in [6, 6.07) is 0. The Bertz CT molecular complexity index is 139. The first kappa shape index (κ1) is 9.22. The van der Waals surface area contributed by atoms with Crippen molar-refractivity contribution in [1.82, 2.24) is 0 Å². The second kappa shape index (κ2) is 8.22. The zero-order valence-electron chi connectivity index (χ0n) is 6.13. The van der Waals surface area contributed by atoms with E-state index in [4.69, 9.17) is 9.84 Å². The van der Waals surface area contributed by atoms with Crippen LogP contribution in [0.5, 0.6) is 0 Å². The van der Waals surface area contributed by atoms with Crippen LogP contribution >= 0.6 is 0 Å². The first-order chi connectivity index (χ1) is 4.91. The van der Waals surface area contributed by atoms with E-state index in [2.05, 4.69) is 11.8 Å². The van der Waals surface area contributed by atoms with Crippen molar-refractivity contribution in [2.24, 2.45) is 0 Å². The van der Waals surface area contributed by atoms with Crippen LogP contribution in [0.4, 0.5) is 0 Å². The van der Waals surface area contributed by atoms with Gasteiger partial charge in [0.2, 0.25) is 0 Å². The fraction of sp³-hybridized carbons (Fsp3) is 0.500. The van der Waals surface area contributed by atoms with E-state index in [1.165, 1.54) is 0 Å². The third-order valence-corrected chi connectivity index (χ3v) is 0.837. The maximum absolute atomic E-state index is 8.30. The Morgan fingerprint density at radius 2 is 2.30 bits per heavy atom. The second-order valence-electron chi connectivity index (χ2n) is 1.60. The molecule has 0 radical (unpaired) electrons. The van der Waals surface area contributed by atoms with Crippen molar-refractivity contribution in [2.75, 3.05) is 19.8 Å². The van der Waals surface area contributed by atoms with Crippen molar-refractivity contribution in [2.45, 2.75) is 6.92 Å². The predicted molar refractivity (Wildman–Crippen MR) is 40.5 cm³/mol. The second-order valence-corrected chi connectivity index (χ2v) is 1.60. The lowest BCUT2D eigenvalue weighted by Gasteiger charge is -1.90. The molecule has 56 valence electrons. The van der Waals surface area contributed by atoms with E-state index in [1.54, 1.807) is 19.1 Å². The molecule has 0 atom stereocenters. The average molecular weight is 140 g/mol. The molecule has 0 saturated carbocycles. The van der Waals surface area contributed by atoms with Crippen LogP contribution in [-0.4, -0.2) is 24.9 Å². The number of hydrogen-bond donors (Lipinski definition) is 1. The number of aliphatic hydroxyl groups excluding tert-OH is 1. The zero-order chi connectivity index (χ0) is 7.66. The Hall–Kier alpha value is -0.780. The Morgan fingerprint density at radius 3 is 2.90 bits per heavy atom. The molecule has 1 N–H and O–H groups in total. The minimum Gasteiger partial charge on any atom is -0.392 e. The fourth-order valence-corrected chi connectivity index (χ4v) is 0.393. The van der Waals surface area contributed by atoms with Gasteiger partial charge < -0.3 is 9.84 Å². The normalized spacial score (nSPS) is 9.40. The van der Waals surface area contributed by atoms with E-state index in [9.17, 15) is 0 Å². The SMILES string of the molecule is CC#CCOC/C=C/CO. The van der Waals surface area contributed by atoms with Gasteiger partial charge in [-0.15, -0.1) is 5.92 Å². The molecule has 2 nitrogen and oxygen atoms in total. The number of aliphatic hydroxyl groups is 1. The van der Waals surface area contributed by atoms with Crippen LogP contribution in [-0.2, 0) is 4.74 Å². The Morgan fingerprint density at radius 1 is 1.50 bits per heavy atom. The van der Waals surface area contributed by atoms with Crippen LogP contribution in [0.2, 0.25) is 0 Å². The van der Waals surface area contributed by atoms with Crippen LogP contribution in [0.15, 0.2) is 12.2 Å². The molecule has 0 aliphatic rings. The molecule has 0 aromatic heterocycles. The molecule has 0 aromatic carbocycles. The average Bonchev–Trinajstić information content (AvgIpc) is 1.97. The van der Waals surface area contributed by atoms with Gasteiger partial charge in [-0.25, -0.2) is 0 Å². The summed E-state index contributed by atoms with van der Waals surface area (Å²) >= 11 is 0. The molecular weight excluding hydrogens is 128 g/mol. The Labute approximate surface area is 61.5 Å². The van der Waals surface area contributed by atoms with E-state index in [0.717, 1.165) is 0 Å². The van der Waals surface area contributed by atoms with Crippen molar-refractivity contribution in [3.8, 4) is 11.8 Å². The maximum Gasteiger partial charge on any atom is 0.108 e. The van der Waals surface area contributed by atoms with Gasteiger partial charge in [0.15, 0.2) is 0 Å². The lowest BCUT2D eigenvalue weighted by Crippen LogP contribution is -1.90. The largest absolute Gasteiger partial charge is 0.392 e. The smallest absolute Gasteiger partial charge is 0.108 e. The minimum atomic E-state index is 0.0722. The van der Waals surface area contributed by atoms with E-state index >= 15 is 0 Å². The summed E-state index contributed by atoms with van der Waals surface area (Å²) < 4.78 is 5.00. The van der Waals surface area contributed by atoms with Crippen molar-refractivity contribution in [1.29, 1.82) is 0 Å². The van der Waals surface area contributed by atoms with Gasteiger partial charge in [-0.3, -0.25) is 0 Å². The summed E-state index contributed by atoms with van der Waals surface area (Å²) in [4.78, 5) is 0. The zero-order valence-corrected chi connectivity index (χ0v) is 6.13. The van der Waals surface area contributed by atoms with Crippen LogP contribution in [0.25, 0.3) is 0 Å². The van der Waals surface area contributed by atoms with Gasteiger partial charge in [-0.2, -0.15) is 0 Å². The van der Waals surface area contributed by atoms with Gasteiger partial charge in [0.05, 0.1) is 13.2 Å². The molecule has 0 heterocycles. The standard InChI is InChI=1S/C8H12O2/c1-2-3-7-10-8-5-4-6-9/h4-5,9H,6-8H2,1H3/b5-4+. The Balaban J connectivity index is 3.02. The molecule has 0 spiro atoms. The molecule has 0 aliphatic heterocycles. The molecular formula is C8H12O2. The molecule has 0 aromatic rings. The number of ether oxygens (including phenoxy) is 1. The van der Waals surface area contributed by atoms with Gasteiger partial charge in [0.25, 0.3) is 0 Å². The lowest BCUT2D eigenvalue weighted by molar-refractivity contribution is 0.198. The molecule has 10 heavy (non-hydrogen) atoms. The molecule has 2 heteroatoms. The highest BCUT2D eigenvalue weighted by molar-refractivity contribution is 4.95. The van der Waals surface area contributed by atoms with E-state index in [1.807, 2.05) is 0 Å². The molecule has 0 unspecified atom stereocenters. The number of hydrogen-bond acceptors (Lipinski definition) is 2. The van der Waals surface area contributed by atoms with Crippen molar-refractivity contribution in [3.63, 3.8) is 0 Å². The summed E-state index contributed by atoms with van der Waals surface area (Å²) in [5.41, 5.74) is 0. The first-order valence-corrected chi connectivity index (χ1v) is 3.15. The Kier molecular flexibility index (Phi) is 7.58. The van der Waals surface area contributed by atoms with E-state index in [-0.39, 0.29) is 6.61 Å². The van der Waals surface area contributed by atoms with E-state index in [0.29, 0.717) is 13.2 Å². The quantitative estimate of drug-likeness (QED) is 0.351. The topological polar surface area (TPSA) is 29.5 Å². The summed E-state index contributed by atoms with van der Waals surface area (Å²) in [6.45, 7) is 2.83. The fourth-order valence-electron chi connectivity index (χ4n) is 0.393. The molecule has 0 amide bonds. The van der Waals surface area contributed by atoms with E-state index < -0.39 is 0 Å². The highest BCUT2D eigenvalue weighted by Crippen LogP contribution is 1.75. The third kappa shape index (κ3) is 7.22. The van der Waals surface area contributed by atoms with Gasteiger partial charge >= 0.3 is 0 Å². The monoisotopic (exact) mass is 140 g/mol. The molecule has 0 rings (SSSR count). The third-order valence-electron chi connectivity index (χ3n) is 0.837. The van der Waals surface area contributed by atoms with Crippen LogP contribution < -0.4 is 0 Å². The molecule has 0 aliphatic carbocycles. The highest BCUT2D eigenvalue weighted by atomic mass is 16.5. The molecule has 0 saturated heterocycles. The lowest BCUT2D eigenvalue weighted by atomic mass is 10.5. The van der Waals surface area contributed by atoms with Crippen LogP contribution in [0.3, 0.4) is 0 Å². The van der Waals surface area contributed by atoms with Crippen LogP contribution in [0.1, 0.15) is 6.92 Å². The summed E-state index contributed by atoms with van der Waals surface area (Å²) in [5, 5.41) is 8.30. The van der Waals surface area contributed by atoms with Crippen molar-refractivity contribution >= 4 is 0 Å². The van der Waals surface area contributed by atoms with Gasteiger partial charge in [-0.05, 0) is 6.92 Å². The first-order valence-electron chi connectivity index (χ1n) is 3.15. The summed E-state index contributed by atoms with van der Waals surface area (Å²) in [7, 11) is 0. The molecule has 0 fully saturated rings. The number of rotatable bonds is 4. The van der Waals surface area contributed by atoms with Crippen LogP contribution in [0, 0.1) is 11.8 Å². The van der Waals surface area contributed by atoms with Gasteiger partial charge in [-0.1, -0.05) is 18.1 Å². The predicted octanol–water partition coefficient (Wildman–Crippen LogP) is 0.575. The minimum absolute atomic E-state index is 0.0722. The van der Waals surface area contributed by atoms with Gasteiger partial charge in [0, 0.05) is 0 Å². The maximum atomic E-state index is 8.30. The highest BCUT2D eigenvalue weighted by Gasteiger charge is 1.75. The summed E-state index contributed by atoms with van der Waals surface area (Å²) in [5.74, 6) is 5.47. The van der Waals surface area contributed by atoms with Crippen molar-refractivity contribution in [3.05, 3.63) is 12.2 Å².